The van der Waals surface area contributed by atoms with Crippen molar-refractivity contribution in [2.75, 3.05) is 19.0 Å². The van der Waals surface area contributed by atoms with Gasteiger partial charge in [0.2, 0.25) is 0 Å². The molecule has 1 aromatic carbocycles. The zero-order valence-corrected chi connectivity index (χ0v) is 12.1. The largest absolute Gasteiger partial charge is 0.495 e. The molecule has 1 aliphatic rings. The minimum atomic E-state index is 0.617. The van der Waals surface area contributed by atoms with Gasteiger partial charge in [0.15, 0.2) is 5.17 Å². The molecule has 1 N–H and O–H groups in total. The van der Waals surface area contributed by atoms with Crippen LogP contribution < -0.4 is 10.1 Å². The second-order valence-electron chi connectivity index (χ2n) is 4.15. The van der Waals surface area contributed by atoms with Gasteiger partial charge in [0.1, 0.15) is 5.75 Å². The van der Waals surface area contributed by atoms with E-state index in [4.69, 9.17) is 16.3 Å². The second kappa shape index (κ2) is 6.34. The maximum absolute atomic E-state index is 5.99. The fourth-order valence-corrected chi connectivity index (χ4v) is 3.16. The number of hydrogen-bond acceptors (Lipinski definition) is 4. The number of anilines is 1. The fourth-order valence-electron chi connectivity index (χ4n) is 1.82. The highest BCUT2D eigenvalue weighted by molar-refractivity contribution is 8.15. The summed E-state index contributed by atoms with van der Waals surface area (Å²) >= 11 is 7.80. The van der Waals surface area contributed by atoms with Gasteiger partial charge in [-0.3, -0.25) is 4.99 Å². The molecule has 0 saturated heterocycles. The van der Waals surface area contributed by atoms with E-state index in [1.54, 1.807) is 7.11 Å². The number of thioether (sulfide) groups is 1. The number of nitrogens with one attached hydrogen (secondary N) is 1. The molecule has 18 heavy (non-hydrogen) atoms. The van der Waals surface area contributed by atoms with Gasteiger partial charge in [-0.25, -0.2) is 0 Å². The minimum absolute atomic E-state index is 0.617. The van der Waals surface area contributed by atoms with Gasteiger partial charge in [0.25, 0.3) is 0 Å². The van der Waals surface area contributed by atoms with Crippen LogP contribution in [0.5, 0.6) is 5.75 Å². The smallest absolute Gasteiger partial charge is 0.161 e. The zero-order valence-electron chi connectivity index (χ0n) is 10.6. The minimum Gasteiger partial charge on any atom is -0.495 e. The lowest BCUT2D eigenvalue weighted by atomic mass is 10.2. The molecule has 0 amide bonds. The Morgan fingerprint density at radius 1 is 1.56 bits per heavy atom. The molecule has 5 heteroatoms. The predicted molar refractivity (Wildman–Crippen MR) is 80.2 cm³/mol. The molecule has 0 radical (unpaired) electrons. The number of aliphatic imine (C=N–C) groups is 1. The van der Waals surface area contributed by atoms with Crippen LogP contribution in [0.25, 0.3) is 0 Å². The summed E-state index contributed by atoms with van der Waals surface area (Å²) in [6.45, 7) is 3.11. The lowest BCUT2D eigenvalue weighted by Crippen LogP contribution is -2.07. The lowest BCUT2D eigenvalue weighted by Gasteiger charge is -2.09. The lowest BCUT2D eigenvalue weighted by molar-refractivity contribution is 0.415. The molecule has 0 aliphatic carbocycles. The Labute approximate surface area is 117 Å². The maximum Gasteiger partial charge on any atom is 0.161 e. The van der Waals surface area contributed by atoms with E-state index >= 15 is 0 Å². The molecule has 0 spiro atoms. The average Bonchev–Trinajstić information content (AvgIpc) is 2.80. The van der Waals surface area contributed by atoms with Gasteiger partial charge in [-0.15, -0.1) is 0 Å². The number of benzene rings is 1. The van der Waals surface area contributed by atoms with Crippen molar-refractivity contribution in [1.82, 2.24) is 0 Å². The van der Waals surface area contributed by atoms with E-state index in [0.29, 0.717) is 16.0 Å². The number of ether oxygens (including phenoxy) is 1. The maximum atomic E-state index is 5.99. The van der Waals surface area contributed by atoms with Crippen molar-refractivity contribution < 1.29 is 4.74 Å². The van der Waals surface area contributed by atoms with Crippen molar-refractivity contribution in [1.29, 1.82) is 0 Å². The van der Waals surface area contributed by atoms with Gasteiger partial charge in [0.05, 0.1) is 18.7 Å². The van der Waals surface area contributed by atoms with Crippen LogP contribution in [0.15, 0.2) is 23.2 Å². The molecule has 0 aromatic heterocycles. The number of nitrogens with zero attached hydrogens (tertiary/aromatic N) is 1. The van der Waals surface area contributed by atoms with E-state index in [1.165, 1.54) is 12.8 Å². The van der Waals surface area contributed by atoms with Crippen molar-refractivity contribution in [3.63, 3.8) is 0 Å². The monoisotopic (exact) mass is 284 g/mol. The summed E-state index contributed by atoms with van der Waals surface area (Å²) < 4.78 is 5.19. The Morgan fingerprint density at radius 3 is 3.11 bits per heavy atom. The highest BCUT2D eigenvalue weighted by Crippen LogP contribution is 2.30. The normalized spacial score (nSPS) is 18.6. The van der Waals surface area contributed by atoms with Crippen LogP contribution in [0, 0.1) is 0 Å². The van der Waals surface area contributed by atoms with Gasteiger partial charge in [-0.2, -0.15) is 0 Å². The molecule has 2 rings (SSSR count). The first-order chi connectivity index (χ1) is 8.72. The van der Waals surface area contributed by atoms with Crippen LogP contribution >= 0.6 is 23.4 Å². The summed E-state index contributed by atoms with van der Waals surface area (Å²) in [5.41, 5.74) is 0.958. The van der Waals surface area contributed by atoms with Crippen molar-refractivity contribution in [2.45, 2.75) is 25.0 Å². The van der Waals surface area contributed by atoms with Crippen LogP contribution in [-0.2, 0) is 0 Å². The number of hydrogen-bond donors (Lipinski definition) is 1. The van der Waals surface area contributed by atoms with E-state index in [0.717, 1.165) is 17.4 Å². The third-order valence-corrected chi connectivity index (χ3v) is 4.21. The van der Waals surface area contributed by atoms with E-state index in [1.807, 2.05) is 30.0 Å². The molecular formula is C13H17ClN2OS. The summed E-state index contributed by atoms with van der Waals surface area (Å²) in [5.74, 6) is 0.676. The Hall–Kier alpha value is -0.870. The highest BCUT2D eigenvalue weighted by Gasteiger charge is 2.18. The average molecular weight is 285 g/mol. The molecule has 0 bridgehead atoms. The fraction of sp³-hybridized carbons (Fsp3) is 0.462. The molecule has 0 fully saturated rings. The van der Waals surface area contributed by atoms with Crippen LogP contribution in [-0.4, -0.2) is 24.1 Å². The van der Waals surface area contributed by atoms with Crippen LogP contribution in [0.2, 0.25) is 5.02 Å². The van der Waals surface area contributed by atoms with E-state index in [2.05, 4.69) is 17.2 Å². The highest BCUT2D eigenvalue weighted by atomic mass is 35.5. The number of rotatable bonds is 4. The second-order valence-corrected chi connectivity index (χ2v) is 5.84. The zero-order chi connectivity index (χ0) is 13.0. The van der Waals surface area contributed by atoms with E-state index in [-0.39, 0.29) is 0 Å². The first kappa shape index (κ1) is 13.6. The molecule has 1 aliphatic heterocycles. The van der Waals surface area contributed by atoms with Crippen molar-refractivity contribution in [3.05, 3.63) is 23.2 Å². The summed E-state index contributed by atoms with van der Waals surface area (Å²) in [5, 5.41) is 5.53. The first-order valence-corrected chi connectivity index (χ1v) is 7.30. The van der Waals surface area contributed by atoms with Gasteiger partial charge in [-0.05, 0) is 18.6 Å². The van der Waals surface area contributed by atoms with E-state index in [9.17, 15) is 0 Å². The van der Waals surface area contributed by atoms with Crippen LogP contribution in [0.3, 0.4) is 0 Å². The molecule has 1 unspecified atom stereocenters. The standard InChI is InChI=1S/C13H17ClN2OS/c1-3-4-10-8-15-13(18-10)16-9-5-6-11(14)12(7-9)17-2/h5-7,10H,3-4,8H2,1-2H3,(H,15,16). The molecule has 0 saturated carbocycles. The Bertz CT molecular complexity index is 451. The van der Waals surface area contributed by atoms with Gasteiger partial charge in [-0.1, -0.05) is 36.7 Å². The van der Waals surface area contributed by atoms with Gasteiger partial charge in [0, 0.05) is 17.0 Å². The van der Waals surface area contributed by atoms with Crippen LogP contribution in [0.1, 0.15) is 19.8 Å². The SMILES string of the molecule is CCCC1CN=C(Nc2ccc(Cl)c(OC)c2)S1. The Balaban J connectivity index is 1.98. The number of amidine groups is 1. The summed E-state index contributed by atoms with van der Waals surface area (Å²) in [6, 6.07) is 5.64. The van der Waals surface area contributed by atoms with E-state index < -0.39 is 0 Å². The van der Waals surface area contributed by atoms with Gasteiger partial charge < -0.3 is 10.1 Å². The number of halogens is 1. The molecule has 1 heterocycles. The van der Waals surface area contributed by atoms with Gasteiger partial charge >= 0.3 is 0 Å². The summed E-state index contributed by atoms with van der Waals surface area (Å²) in [4.78, 5) is 4.50. The summed E-state index contributed by atoms with van der Waals surface area (Å²) in [6.07, 6.45) is 2.42. The van der Waals surface area contributed by atoms with Crippen molar-refractivity contribution >= 4 is 34.2 Å². The Kier molecular flexibility index (Phi) is 4.78. The van der Waals surface area contributed by atoms with Crippen molar-refractivity contribution in [3.8, 4) is 5.75 Å². The topological polar surface area (TPSA) is 33.6 Å². The predicted octanol–water partition coefficient (Wildman–Crippen LogP) is 4.03. The third-order valence-electron chi connectivity index (χ3n) is 2.73. The van der Waals surface area contributed by atoms with Crippen molar-refractivity contribution in [2.24, 2.45) is 4.99 Å². The third kappa shape index (κ3) is 3.33. The Morgan fingerprint density at radius 2 is 2.39 bits per heavy atom. The summed E-state index contributed by atoms with van der Waals surface area (Å²) in [7, 11) is 1.62. The molecule has 98 valence electrons. The quantitative estimate of drug-likeness (QED) is 0.906. The molecular weight excluding hydrogens is 268 g/mol. The molecule has 1 aromatic rings. The first-order valence-electron chi connectivity index (χ1n) is 6.04. The molecule has 1 atom stereocenters. The number of methoxy groups -OCH3 is 1. The molecule has 3 nitrogen and oxygen atoms in total. The van der Waals surface area contributed by atoms with Crippen LogP contribution in [0.4, 0.5) is 5.69 Å².